The Morgan fingerprint density at radius 2 is 1.95 bits per heavy atom. The van der Waals surface area contributed by atoms with Crippen LogP contribution in [0.4, 0.5) is 0 Å². The van der Waals surface area contributed by atoms with Gasteiger partial charge in [0.15, 0.2) is 0 Å². The number of piperidine rings is 1. The maximum absolute atomic E-state index is 5.39. The van der Waals surface area contributed by atoms with Crippen LogP contribution in [0.15, 0.2) is 35.0 Å². The Morgan fingerprint density at radius 3 is 2.70 bits per heavy atom. The summed E-state index contributed by atoms with van der Waals surface area (Å²) in [6, 6.07) is 7.82. The highest BCUT2D eigenvalue weighted by Gasteiger charge is 2.12. The van der Waals surface area contributed by atoms with Crippen LogP contribution < -0.4 is 0 Å². The molecule has 0 atom stereocenters. The van der Waals surface area contributed by atoms with Gasteiger partial charge in [0.1, 0.15) is 11.5 Å². The second-order valence-corrected chi connectivity index (χ2v) is 5.05. The van der Waals surface area contributed by atoms with Crippen LogP contribution in [0.1, 0.15) is 25.0 Å². The largest absolute Gasteiger partial charge is 0.361 e. The van der Waals surface area contributed by atoms with E-state index in [1.54, 1.807) is 6.20 Å². The number of likely N-dealkylation sites (tertiary alicyclic amines) is 1. The quantitative estimate of drug-likeness (QED) is 0.868. The van der Waals surface area contributed by atoms with E-state index in [4.69, 9.17) is 4.52 Å². The van der Waals surface area contributed by atoms with Crippen molar-refractivity contribution in [2.24, 2.45) is 0 Å². The molecule has 0 unspecified atom stereocenters. The average molecular weight is 294 g/mol. The molecule has 0 spiro atoms. The van der Waals surface area contributed by atoms with Crippen LogP contribution in [-0.2, 0) is 6.42 Å². The summed E-state index contributed by atoms with van der Waals surface area (Å²) in [5.74, 6) is 0.950. The van der Waals surface area contributed by atoms with Crippen molar-refractivity contribution >= 4 is 12.4 Å². The molecule has 3 heterocycles. The van der Waals surface area contributed by atoms with E-state index in [0.29, 0.717) is 0 Å². The number of hydrogen-bond donors (Lipinski definition) is 0. The Balaban J connectivity index is 0.00000147. The molecular formula is C15H20ClN3O. The summed E-state index contributed by atoms with van der Waals surface area (Å²) in [5.41, 5.74) is 1.70. The van der Waals surface area contributed by atoms with Gasteiger partial charge in [-0.2, -0.15) is 0 Å². The third kappa shape index (κ3) is 3.81. The summed E-state index contributed by atoms with van der Waals surface area (Å²) in [4.78, 5) is 6.79. The van der Waals surface area contributed by atoms with E-state index < -0.39 is 0 Å². The van der Waals surface area contributed by atoms with Crippen molar-refractivity contribution in [3.63, 3.8) is 0 Å². The van der Waals surface area contributed by atoms with Gasteiger partial charge in [-0.25, -0.2) is 0 Å². The molecule has 0 amide bonds. The molecule has 2 aromatic rings. The lowest BCUT2D eigenvalue weighted by Crippen LogP contribution is -2.31. The van der Waals surface area contributed by atoms with Crippen molar-refractivity contribution < 1.29 is 4.52 Å². The summed E-state index contributed by atoms with van der Waals surface area (Å²) in [6.45, 7) is 3.51. The van der Waals surface area contributed by atoms with Crippen LogP contribution in [0.3, 0.4) is 0 Å². The summed E-state index contributed by atoms with van der Waals surface area (Å²) in [5, 5.41) is 4.09. The van der Waals surface area contributed by atoms with Gasteiger partial charge in [-0.3, -0.25) is 4.98 Å². The van der Waals surface area contributed by atoms with E-state index >= 15 is 0 Å². The highest BCUT2D eigenvalue weighted by Crippen LogP contribution is 2.17. The van der Waals surface area contributed by atoms with E-state index in [9.17, 15) is 0 Å². The molecule has 1 aliphatic rings. The predicted octanol–water partition coefficient (Wildman–Crippen LogP) is 3.19. The van der Waals surface area contributed by atoms with Gasteiger partial charge in [-0.15, -0.1) is 12.4 Å². The number of rotatable bonds is 4. The third-order valence-electron chi connectivity index (χ3n) is 3.61. The minimum atomic E-state index is 0. The summed E-state index contributed by atoms with van der Waals surface area (Å²) >= 11 is 0. The molecule has 3 rings (SSSR count). The van der Waals surface area contributed by atoms with Crippen molar-refractivity contribution in [3.8, 4) is 11.4 Å². The number of halogens is 1. The fourth-order valence-corrected chi connectivity index (χ4v) is 2.52. The Bertz CT molecular complexity index is 509. The van der Waals surface area contributed by atoms with Gasteiger partial charge < -0.3 is 9.42 Å². The first-order chi connectivity index (χ1) is 9.42. The highest BCUT2D eigenvalue weighted by molar-refractivity contribution is 5.85. The SMILES string of the molecule is Cl.c1ccc(-c2cc(CCN3CCCCC3)on2)nc1. The predicted molar refractivity (Wildman–Crippen MR) is 81.0 cm³/mol. The highest BCUT2D eigenvalue weighted by atomic mass is 35.5. The lowest BCUT2D eigenvalue weighted by atomic mass is 10.1. The van der Waals surface area contributed by atoms with Crippen LogP contribution >= 0.6 is 12.4 Å². The minimum Gasteiger partial charge on any atom is -0.361 e. The number of pyridine rings is 1. The molecule has 0 saturated carbocycles. The number of hydrogen-bond acceptors (Lipinski definition) is 4. The van der Waals surface area contributed by atoms with Crippen molar-refractivity contribution in [3.05, 3.63) is 36.2 Å². The lowest BCUT2D eigenvalue weighted by Gasteiger charge is -2.25. The van der Waals surface area contributed by atoms with Crippen LogP contribution in [0.5, 0.6) is 0 Å². The lowest BCUT2D eigenvalue weighted by molar-refractivity contribution is 0.224. The van der Waals surface area contributed by atoms with Gasteiger partial charge in [-0.05, 0) is 38.1 Å². The van der Waals surface area contributed by atoms with E-state index in [0.717, 1.165) is 30.1 Å². The minimum absolute atomic E-state index is 0. The smallest absolute Gasteiger partial charge is 0.138 e. The first-order valence-electron chi connectivity index (χ1n) is 7.01. The van der Waals surface area contributed by atoms with Crippen LogP contribution in [-0.4, -0.2) is 34.7 Å². The molecular weight excluding hydrogens is 274 g/mol. The monoisotopic (exact) mass is 293 g/mol. The van der Waals surface area contributed by atoms with Crippen molar-refractivity contribution in [2.45, 2.75) is 25.7 Å². The molecule has 0 aliphatic carbocycles. The molecule has 1 saturated heterocycles. The van der Waals surface area contributed by atoms with Crippen molar-refractivity contribution in [2.75, 3.05) is 19.6 Å². The molecule has 20 heavy (non-hydrogen) atoms. The fourth-order valence-electron chi connectivity index (χ4n) is 2.52. The normalized spacial score (nSPS) is 15.8. The van der Waals surface area contributed by atoms with Gasteiger partial charge in [0.05, 0.1) is 5.69 Å². The first-order valence-corrected chi connectivity index (χ1v) is 7.01. The Hall–Kier alpha value is -1.39. The number of nitrogens with zero attached hydrogens (tertiary/aromatic N) is 3. The van der Waals surface area contributed by atoms with Gasteiger partial charge in [-0.1, -0.05) is 17.6 Å². The van der Waals surface area contributed by atoms with E-state index in [1.165, 1.54) is 32.4 Å². The summed E-state index contributed by atoms with van der Waals surface area (Å²) < 4.78 is 5.39. The Morgan fingerprint density at radius 1 is 1.10 bits per heavy atom. The van der Waals surface area contributed by atoms with Gasteiger partial charge in [0, 0.05) is 25.2 Å². The second-order valence-electron chi connectivity index (χ2n) is 5.05. The van der Waals surface area contributed by atoms with Crippen molar-refractivity contribution in [1.29, 1.82) is 0 Å². The molecule has 2 aromatic heterocycles. The van der Waals surface area contributed by atoms with Gasteiger partial charge in [0.2, 0.25) is 0 Å². The molecule has 1 aliphatic heterocycles. The molecule has 4 nitrogen and oxygen atoms in total. The van der Waals surface area contributed by atoms with Crippen LogP contribution in [0.25, 0.3) is 11.4 Å². The van der Waals surface area contributed by atoms with E-state index in [-0.39, 0.29) is 12.4 Å². The first kappa shape index (κ1) is 15.0. The molecule has 1 fully saturated rings. The zero-order valence-corrected chi connectivity index (χ0v) is 12.3. The molecule has 5 heteroatoms. The van der Waals surface area contributed by atoms with Gasteiger partial charge in [0.25, 0.3) is 0 Å². The maximum atomic E-state index is 5.39. The van der Waals surface area contributed by atoms with Gasteiger partial charge >= 0.3 is 0 Å². The zero-order chi connectivity index (χ0) is 12.9. The molecule has 0 N–H and O–H groups in total. The molecule has 0 radical (unpaired) electrons. The van der Waals surface area contributed by atoms with E-state index in [1.807, 2.05) is 24.3 Å². The second kappa shape index (κ2) is 7.41. The van der Waals surface area contributed by atoms with E-state index in [2.05, 4.69) is 15.0 Å². The van der Waals surface area contributed by atoms with Crippen LogP contribution in [0, 0.1) is 0 Å². The van der Waals surface area contributed by atoms with Crippen molar-refractivity contribution in [1.82, 2.24) is 15.0 Å². The van der Waals surface area contributed by atoms with Crippen LogP contribution in [0.2, 0.25) is 0 Å². The average Bonchev–Trinajstić information content (AvgIpc) is 2.96. The Labute approximate surface area is 125 Å². The molecule has 108 valence electrons. The summed E-state index contributed by atoms with van der Waals surface area (Å²) in [7, 11) is 0. The Kier molecular flexibility index (Phi) is 5.56. The topological polar surface area (TPSA) is 42.2 Å². The maximum Gasteiger partial charge on any atom is 0.138 e. The zero-order valence-electron chi connectivity index (χ0n) is 11.5. The number of aromatic nitrogens is 2. The standard InChI is InChI=1S/C15H19N3O.ClH/c1-4-9-18(10-5-1)11-7-13-12-15(17-19-13)14-6-2-3-8-16-14;/h2-3,6,8,12H,1,4-5,7,9-11H2;1H. The fraction of sp³-hybridized carbons (Fsp3) is 0.467. The molecule has 0 aromatic carbocycles. The molecule has 0 bridgehead atoms. The summed E-state index contributed by atoms with van der Waals surface area (Å²) in [6.07, 6.45) is 6.74. The third-order valence-corrected chi connectivity index (χ3v) is 3.61.